The molecule has 0 aromatic heterocycles. The Morgan fingerprint density at radius 2 is 1.82 bits per heavy atom. The third-order valence-corrected chi connectivity index (χ3v) is 6.34. The zero-order chi connectivity index (χ0) is 23.0. The van der Waals surface area contributed by atoms with Crippen LogP contribution in [0, 0.1) is 11.6 Å². The summed E-state index contributed by atoms with van der Waals surface area (Å²) in [6.07, 6.45) is 1.39. The normalized spacial score (nSPS) is 20.9. The molecular formula is C24H25F4NO4. The van der Waals surface area contributed by atoms with Crippen LogP contribution in [0.25, 0.3) is 0 Å². The van der Waals surface area contributed by atoms with E-state index >= 15 is 0 Å². The number of carbonyl (C=O) groups excluding carboxylic acids is 2. The molecule has 2 unspecified atom stereocenters. The summed E-state index contributed by atoms with van der Waals surface area (Å²) < 4.78 is 56.4. The maximum Gasteiger partial charge on any atom is 0.336 e. The Balaban J connectivity index is 0.00000306. The van der Waals surface area contributed by atoms with E-state index < -0.39 is 41.6 Å². The Morgan fingerprint density at radius 3 is 2.48 bits per heavy atom. The molecule has 33 heavy (non-hydrogen) atoms. The van der Waals surface area contributed by atoms with E-state index in [1.165, 1.54) is 0 Å². The van der Waals surface area contributed by atoms with E-state index in [1.54, 1.807) is 23.1 Å². The minimum atomic E-state index is -4.28. The largest absolute Gasteiger partial charge is 0.412 e. The predicted octanol–water partition coefficient (Wildman–Crippen LogP) is 3.75. The van der Waals surface area contributed by atoms with Gasteiger partial charge >= 0.3 is 5.92 Å². The molecule has 2 aromatic rings. The fraction of sp³-hybridized carbons (Fsp3) is 0.417. The van der Waals surface area contributed by atoms with Crippen LogP contribution in [0.3, 0.4) is 0 Å². The lowest BCUT2D eigenvalue weighted by Gasteiger charge is -2.32. The monoisotopic (exact) mass is 467 g/mol. The molecule has 4 rings (SSSR count). The van der Waals surface area contributed by atoms with E-state index in [0.717, 1.165) is 24.5 Å². The van der Waals surface area contributed by atoms with Crippen LogP contribution in [-0.4, -0.2) is 33.1 Å². The van der Waals surface area contributed by atoms with Crippen LogP contribution in [0.5, 0.6) is 0 Å². The quantitative estimate of drug-likeness (QED) is 0.656. The highest BCUT2D eigenvalue weighted by Gasteiger charge is 2.44. The van der Waals surface area contributed by atoms with Crippen molar-refractivity contribution in [2.45, 2.75) is 63.3 Å². The average molecular weight is 467 g/mol. The zero-order valence-electron chi connectivity index (χ0n) is 17.8. The second kappa shape index (κ2) is 9.70. The Bertz CT molecular complexity index is 1040. The molecule has 0 spiro atoms. The number of nitrogens with zero attached hydrogens (tertiary/aromatic N) is 1. The Kier molecular flexibility index (Phi) is 7.36. The van der Waals surface area contributed by atoms with Crippen molar-refractivity contribution in [1.29, 1.82) is 0 Å². The first kappa shape index (κ1) is 25.0. The number of aliphatic hydroxyl groups excluding tert-OH is 1. The molecule has 1 fully saturated rings. The van der Waals surface area contributed by atoms with Crippen LogP contribution in [0.2, 0.25) is 0 Å². The molecule has 178 valence electrons. The van der Waals surface area contributed by atoms with E-state index in [1.807, 2.05) is 0 Å². The number of ketones is 2. The summed E-state index contributed by atoms with van der Waals surface area (Å²) in [4.78, 5) is 26.2. The van der Waals surface area contributed by atoms with Gasteiger partial charge in [-0.15, -0.1) is 0 Å². The fourth-order valence-corrected chi connectivity index (χ4v) is 4.61. The highest BCUT2D eigenvalue weighted by Crippen LogP contribution is 2.38. The number of rotatable bonds is 6. The molecular weight excluding hydrogens is 442 g/mol. The van der Waals surface area contributed by atoms with Crippen LogP contribution in [-0.2, 0) is 28.5 Å². The maximum absolute atomic E-state index is 14.4. The Labute approximate surface area is 188 Å². The summed E-state index contributed by atoms with van der Waals surface area (Å²) in [5.41, 5.74) is 0.478. The molecule has 5 nitrogen and oxygen atoms in total. The number of alkyl halides is 2. The van der Waals surface area contributed by atoms with Gasteiger partial charge in [-0.2, -0.15) is 8.78 Å². The molecule has 0 bridgehead atoms. The van der Waals surface area contributed by atoms with Gasteiger partial charge in [-0.05, 0) is 48.1 Å². The van der Waals surface area contributed by atoms with E-state index in [2.05, 4.69) is 0 Å². The molecule has 0 amide bonds. The molecule has 2 aliphatic rings. The van der Waals surface area contributed by atoms with Gasteiger partial charge in [-0.1, -0.05) is 30.7 Å². The number of benzene rings is 2. The van der Waals surface area contributed by atoms with E-state index in [0.29, 0.717) is 42.6 Å². The summed E-state index contributed by atoms with van der Waals surface area (Å²) in [6.45, 7) is 0.352. The van der Waals surface area contributed by atoms with Gasteiger partial charge in [0.25, 0.3) is 0 Å². The van der Waals surface area contributed by atoms with E-state index in [9.17, 15) is 32.3 Å². The predicted molar refractivity (Wildman–Crippen MR) is 111 cm³/mol. The fourth-order valence-electron chi connectivity index (χ4n) is 4.61. The molecule has 1 saturated carbocycles. The number of halogens is 4. The first-order valence-electron chi connectivity index (χ1n) is 10.6. The molecule has 2 aromatic carbocycles. The third-order valence-electron chi connectivity index (χ3n) is 6.34. The van der Waals surface area contributed by atoms with E-state index in [4.69, 9.17) is 0 Å². The molecule has 9 heteroatoms. The number of carbonyl (C=O) groups is 2. The minimum Gasteiger partial charge on any atom is -0.412 e. The van der Waals surface area contributed by atoms with Crippen molar-refractivity contribution in [2.75, 3.05) is 0 Å². The van der Waals surface area contributed by atoms with Gasteiger partial charge in [0, 0.05) is 19.4 Å². The number of hydrogen-bond donors (Lipinski definition) is 1. The van der Waals surface area contributed by atoms with Crippen LogP contribution < -0.4 is 0 Å². The van der Waals surface area contributed by atoms with Crippen molar-refractivity contribution in [1.82, 2.24) is 4.90 Å². The summed E-state index contributed by atoms with van der Waals surface area (Å²) >= 11 is 0. The molecule has 1 aliphatic carbocycles. The van der Waals surface area contributed by atoms with Gasteiger partial charge in [-0.25, -0.2) is 8.78 Å². The minimum absolute atomic E-state index is 0. The number of aliphatic hydroxyl groups is 1. The first-order valence-corrected chi connectivity index (χ1v) is 10.6. The third kappa shape index (κ3) is 4.71. The molecule has 3 N–H and O–H groups in total. The van der Waals surface area contributed by atoms with Crippen LogP contribution in [0.4, 0.5) is 17.6 Å². The van der Waals surface area contributed by atoms with Gasteiger partial charge in [0.15, 0.2) is 0 Å². The van der Waals surface area contributed by atoms with Crippen molar-refractivity contribution in [2.24, 2.45) is 0 Å². The number of fused-ring (bicyclic) bond motifs is 1. The zero-order valence-corrected chi connectivity index (χ0v) is 17.8. The van der Waals surface area contributed by atoms with Crippen LogP contribution >= 0.6 is 0 Å². The summed E-state index contributed by atoms with van der Waals surface area (Å²) in [6, 6.07) is 7.01. The molecule has 0 saturated heterocycles. The standard InChI is InChI=1S/C24H23F4NO3.H2O/c25-17-4-3-5-18(26)22(17)24(27,28)21(31)11-9-14-8-10-16-15(12-14)13-29(23(16)32)19-6-1-2-7-20(19)30;/h3-5,8,10,12,19,23,32H,1-2,6-7,9,11,13H2;1H2. The second-order valence-corrected chi connectivity index (χ2v) is 8.40. The van der Waals surface area contributed by atoms with E-state index in [-0.39, 0.29) is 23.7 Å². The van der Waals surface area contributed by atoms with Crippen LogP contribution in [0.15, 0.2) is 36.4 Å². The SMILES string of the molecule is O.O=C1CCCCC1N1Cc2cc(CCC(=O)C(F)(F)c3c(F)cccc3F)ccc2C1O. The topological polar surface area (TPSA) is 89.1 Å². The lowest BCUT2D eigenvalue weighted by atomic mass is 9.93. The lowest BCUT2D eigenvalue weighted by Crippen LogP contribution is -2.41. The number of aryl methyl sites for hydroxylation is 1. The number of Topliss-reactive ketones (excluding diaryl/α,β-unsaturated/α-hetero) is 2. The van der Waals surface area contributed by atoms with Crippen LogP contribution in [0.1, 0.15) is 60.6 Å². The summed E-state index contributed by atoms with van der Waals surface area (Å²) in [5, 5.41) is 10.7. The highest BCUT2D eigenvalue weighted by molar-refractivity contribution is 5.87. The number of hydrogen-bond acceptors (Lipinski definition) is 4. The molecule has 0 radical (unpaired) electrons. The maximum atomic E-state index is 14.4. The van der Waals surface area contributed by atoms with Crippen molar-refractivity contribution in [3.05, 3.63) is 70.3 Å². The lowest BCUT2D eigenvalue weighted by molar-refractivity contribution is -0.145. The average Bonchev–Trinajstić information content (AvgIpc) is 3.07. The van der Waals surface area contributed by atoms with Crippen molar-refractivity contribution < 1.29 is 37.7 Å². The molecule has 2 atom stereocenters. The van der Waals surface area contributed by atoms with Crippen molar-refractivity contribution >= 4 is 11.6 Å². The smallest absolute Gasteiger partial charge is 0.336 e. The van der Waals surface area contributed by atoms with Gasteiger partial charge < -0.3 is 10.6 Å². The Hall–Kier alpha value is -2.62. The van der Waals surface area contributed by atoms with Crippen molar-refractivity contribution in [3.8, 4) is 0 Å². The molecule has 1 heterocycles. The highest BCUT2D eigenvalue weighted by atomic mass is 19.3. The van der Waals surface area contributed by atoms with Gasteiger partial charge in [0.2, 0.25) is 5.78 Å². The first-order chi connectivity index (χ1) is 15.2. The summed E-state index contributed by atoms with van der Waals surface area (Å²) in [7, 11) is 0. The van der Waals surface area contributed by atoms with Gasteiger partial charge in [-0.3, -0.25) is 14.5 Å². The summed E-state index contributed by atoms with van der Waals surface area (Å²) in [5.74, 6) is -8.67. The van der Waals surface area contributed by atoms with Crippen molar-refractivity contribution in [3.63, 3.8) is 0 Å². The molecule has 1 aliphatic heterocycles. The Morgan fingerprint density at radius 1 is 1.12 bits per heavy atom. The second-order valence-electron chi connectivity index (χ2n) is 8.40. The van der Waals surface area contributed by atoms with Gasteiger partial charge in [0.1, 0.15) is 29.2 Å². The van der Waals surface area contributed by atoms with Gasteiger partial charge in [0.05, 0.1) is 6.04 Å².